The smallest absolute Gasteiger partial charge is 0.668 e. The van der Waals surface area contributed by atoms with E-state index in [2.05, 4.69) is 0 Å². The van der Waals surface area contributed by atoms with E-state index >= 15 is 0 Å². The Morgan fingerprint density at radius 3 is 2.31 bits per heavy atom. The number of hydrogen-bond donors (Lipinski definition) is 0. The summed E-state index contributed by atoms with van der Waals surface area (Å²) in [4.78, 5) is 10.1. The van der Waals surface area contributed by atoms with Crippen LogP contribution in [0.2, 0.25) is 0 Å². The molecule has 0 spiro atoms. The van der Waals surface area contributed by atoms with E-state index in [4.69, 9.17) is 5.73 Å². The molecule has 0 aliphatic rings. The molecule has 0 aromatic heterocycles. The Morgan fingerprint density at radius 1 is 1.31 bits per heavy atom. The minimum Gasteiger partial charge on any atom is -0.668 e. The average Bonchev–Trinajstić information content (AvgIpc) is 2.06. The van der Waals surface area contributed by atoms with Gasteiger partial charge in [-0.1, -0.05) is 36.4 Å². The van der Waals surface area contributed by atoms with E-state index < -0.39 is 6.04 Å². The Bertz CT molecular complexity index is 230. The topological polar surface area (TPSA) is 40.9 Å². The van der Waals surface area contributed by atoms with Crippen molar-refractivity contribution in [3.63, 3.8) is 0 Å². The zero-order valence-corrected chi connectivity index (χ0v) is 16.4. The van der Waals surface area contributed by atoms with E-state index in [1.54, 1.807) is 0 Å². The third kappa shape index (κ3) is 7.89. The van der Waals surface area contributed by atoms with E-state index in [-0.39, 0.29) is 99.5 Å². The van der Waals surface area contributed by atoms with E-state index in [1.165, 1.54) is 0 Å². The first-order chi connectivity index (χ1) is 5.33. The summed E-state index contributed by atoms with van der Waals surface area (Å²) in [5, 5.41) is 0. The van der Waals surface area contributed by atoms with Gasteiger partial charge in [-0.05, 0) is 12.0 Å². The summed E-state index contributed by atoms with van der Waals surface area (Å²) >= 11 is 0. The summed E-state index contributed by atoms with van der Waals surface area (Å²) in [5.41, 5.74) is 8.23. The van der Waals surface area contributed by atoms with Gasteiger partial charge in [0.1, 0.15) is 6.29 Å². The molecule has 1 rings (SSSR count). The van der Waals surface area contributed by atoms with Gasteiger partial charge in [-0.25, -0.2) is 0 Å². The first kappa shape index (κ1) is 17.4. The van der Waals surface area contributed by atoms with Gasteiger partial charge in [0, 0.05) is 41.3 Å². The number of nitrogens with one attached hydrogen (secondary N) is 1. The predicted molar refractivity (Wildman–Crippen MR) is 44.3 cm³/mol. The van der Waals surface area contributed by atoms with Crippen LogP contribution in [0.25, 0.3) is 5.73 Å². The maximum absolute atomic E-state index is 10.1. The molecular formula is C9H10NOPrRb. The van der Waals surface area contributed by atoms with Crippen LogP contribution in [0.15, 0.2) is 30.3 Å². The predicted octanol–water partition coefficient (Wildman–Crippen LogP) is -1.15. The van der Waals surface area contributed by atoms with Crippen molar-refractivity contribution in [2.24, 2.45) is 0 Å². The molecule has 0 heterocycles. The van der Waals surface area contributed by atoms with E-state index in [0.29, 0.717) is 12.7 Å². The molecule has 0 aliphatic heterocycles. The quantitative estimate of drug-likeness (QED) is 0.616. The standard InChI is InChI=1S/C9H10NO.Pr.Rb/c10-9(7-11)6-8-4-2-1-3-5-8;;/h1-5,7,9-10H,6H2;;/q-1;;+1. The van der Waals surface area contributed by atoms with Crippen molar-refractivity contribution in [1.29, 1.82) is 0 Å². The van der Waals surface area contributed by atoms with E-state index in [1.807, 2.05) is 30.3 Å². The fourth-order valence-corrected chi connectivity index (χ4v) is 0.916. The molecular weight excluding hydrogens is 364 g/mol. The largest absolute Gasteiger partial charge is 1.00 e. The van der Waals surface area contributed by atoms with Gasteiger partial charge in [-0.2, -0.15) is 0 Å². The van der Waals surface area contributed by atoms with Crippen molar-refractivity contribution >= 4 is 6.29 Å². The van der Waals surface area contributed by atoms with Crippen LogP contribution in [-0.4, -0.2) is 12.3 Å². The summed E-state index contributed by atoms with van der Waals surface area (Å²) in [6.07, 6.45) is 1.18. The van der Waals surface area contributed by atoms with Crippen LogP contribution in [0.5, 0.6) is 0 Å². The maximum Gasteiger partial charge on any atom is 1.00 e. The van der Waals surface area contributed by atoms with Gasteiger partial charge in [0.2, 0.25) is 0 Å². The van der Waals surface area contributed by atoms with Gasteiger partial charge in [0.05, 0.1) is 0 Å². The Hall–Kier alpha value is 2.02. The number of benzene rings is 1. The first-order valence-electron chi connectivity index (χ1n) is 3.53. The minimum absolute atomic E-state index is 0. The summed E-state index contributed by atoms with van der Waals surface area (Å²) in [7, 11) is 0. The Balaban J connectivity index is 0. The summed E-state index contributed by atoms with van der Waals surface area (Å²) in [6.45, 7) is 0. The van der Waals surface area contributed by atoms with Crippen molar-refractivity contribution in [2.45, 2.75) is 12.5 Å². The van der Waals surface area contributed by atoms with Crippen LogP contribution >= 0.6 is 0 Å². The van der Waals surface area contributed by atoms with Crippen LogP contribution in [0, 0.1) is 41.3 Å². The average molecular weight is 375 g/mol. The molecule has 0 saturated carbocycles. The first-order valence-corrected chi connectivity index (χ1v) is 3.53. The minimum atomic E-state index is -0.614. The SMILES string of the molecule is [NH-]C(C=O)Cc1ccccc1.[Pr].[Rb+]. The second kappa shape index (κ2) is 10.5. The van der Waals surface area contributed by atoms with Gasteiger partial charge < -0.3 is 10.5 Å². The summed E-state index contributed by atoms with van der Waals surface area (Å²) in [5.74, 6) is 0. The fraction of sp³-hybridized carbons (Fsp3) is 0.222. The molecule has 1 aromatic carbocycles. The van der Waals surface area contributed by atoms with Gasteiger partial charge >= 0.3 is 58.2 Å². The van der Waals surface area contributed by atoms with E-state index in [0.717, 1.165) is 5.56 Å². The monoisotopic (exact) mass is 374 g/mol. The third-order valence-electron chi connectivity index (χ3n) is 1.46. The molecule has 1 atom stereocenters. The Kier molecular flexibility index (Phi) is 14.1. The second-order valence-electron chi connectivity index (χ2n) is 2.43. The number of hydrogen-bond acceptors (Lipinski definition) is 1. The van der Waals surface area contributed by atoms with Gasteiger partial charge in [-0.3, -0.25) is 0 Å². The van der Waals surface area contributed by atoms with Crippen LogP contribution in [0.4, 0.5) is 0 Å². The summed E-state index contributed by atoms with van der Waals surface area (Å²) < 4.78 is 0. The normalized spacial score (nSPS) is 10.5. The van der Waals surface area contributed by atoms with Gasteiger partial charge in [0.15, 0.2) is 0 Å². The van der Waals surface area contributed by atoms with Crippen molar-refractivity contribution in [3.05, 3.63) is 41.6 Å². The molecule has 0 amide bonds. The van der Waals surface area contributed by atoms with E-state index in [9.17, 15) is 4.79 Å². The molecule has 0 saturated heterocycles. The zero-order chi connectivity index (χ0) is 8.10. The van der Waals surface area contributed by atoms with Crippen LogP contribution < -0.4 is 58.2 Å². The molecule has 1 N–H and O–H groups in total. The maximum atomic E-state index is 10.1. The molecule has 2 nitrogen and oxygen atoms in total. The molecule has 13 heavy (non-hydrogen) atoms. The Morgan fingerprint density at radius 2 is 1.85 bits per heavy atom. The van der Waals surface area contributed by atoms with Crippen LogP contribution in [0.1, 0.15) is 5.56 Å². The second-order valence-corrected chi connectivity index (χ2v) is 2.43. The summed E-state index contributed by atoms with van der Waals surface area (Å²) in [6, 6.07) is 8.97. The van der Waals surface area contributed by atoms with Gasteiger partial charge in [0.25, 0.3) is 0 Å². The van der Waals surface area contributed by atoms with Crippen molar-refractivity contribution in [3.8, 4) is 0 Å². The van der Waals surface area contributed by atoms with Crippen molar-refractivity contribution in [1.82, 2.24) is 0 Å². The third-order valence-corrected chi connectivity index (χ3v) is 1.46. The molecule has 0 aliphatic carbocycles. The molecule has 1 unspecified atom stereocenters. The fourth-order valence-electron chi connectivity index (χ4n) is 0.916. The number of carbonyl (C=O) groups is 1. The van der Waals surface area contributed by atoms with Crippen LogP contribution in [0.3, 0.4) is 0 Å². The number of rotatable bonds is 3. The molecule has 61 valence electrons. The molecule has 0 bridgehead atoms. The Labute approximate surface area is 161 Å². The zero-order valence-electron chi connectivity index (χ0n) is 7.73. The van der Waals surface area contributed by atoms with Crippen LogP contribution in [-0.2, 0) is 11.2 Å². The molecule has 0 fully saturated rings. The number of carbonyl (C=O) groups excluding carboxylic acids is 1. The molecule has 1 radical (unpaired) electrons. The van der Waals surface area contributed by atoms with Crippen molar-refractivity contribution < 1.29 is 104 Å². The molecule has 4 heteroatoms. The number of aldehydes is 1. The van der Waals surface area contributed by atoms with Crippen molar-refractivity contribution in [2.75, 3.05) is 0 Å². The molecule has 1 aromatic rings. The van der Waals surface area contributed by atoms with Gasteiger partial charge in [-0.15, -0.1) is 0 Å².